The lowest BCUT2D eigenvalue weighted by Gasteiger charge is -2.31. The van der Waals surface area contributed by atoms with E-state index in [1.54, 1.807) is 38.7 Å². The van der Waals surface area contributed by atoms with E-state index in [2.05, 4.69) is 22.0 Å². The van der Waals surface area contributed by atoms with Crippen molar-refractivity contribution in [2.24, 2.45) is 5.92 Å². The number of hydrogen-bond donors (Lipinski definition) is 0. The van der Waals surface area contributed by atoms with Gasteiger partial charge in [0.1, 0.15) is 17.3 Å². The Bertz CT molecular complexity index is 1040. The summed E-state index contributed by atoms with van der Waals surface area (Å²) in [4.78, 5) is 15.2. The molecule has 0 unspecified atom stereocenters. The van der Waals surface area contributed by atoms with Gasteiger partial charge in [0.05, 0.1) is 38.3 Å². The fourth-order valence-electron chi connectivity index (χ4n) is 3.76. The number of anilines is 1. The average molecular weight is 457 g/mol. The molecule has 1 saturated heterocycles. The molecule has 1 aliphatic rings. The zero-order valence-electron chi connectivity index (χ0n) is 18.6. The number of ketones is 1. The summed E-state index contributed by atoms with van der Waals surface area (Å²) in [5.41, 5.74) is 0.517. The molecule has 4 rings (SSSR count). The molecule has 0 radical (unpaired) electrons. The fraction of sp³-hybridized carbons (Fsp3) is 0.435. The molecule has 0 bridgehead atoms. The Morgan fingerprint density at radius 1 is 1.19 bits per heavy atom. The van der Waals surface area contributed by atoms with Gasteiger partial charge >= 0.3 is 0 Å². The van der Waals surface area contributed by atoms with Crippen molar-refractivity contribution in [1.29, 1.82) is 0 Å². The molecule has 3 aromatic rings. The summed E-state index contributed by atoms with van der Waals surface area (Å²) in [7, 11) is 3.13. The van der Waals surface area contributed by atoms with E-state index in [4.69, 9.17) is 13.9 Å². The summed E-state index contributed by atoms with van der Waals surface area (Å²) in [5, 5.41) is 9.58. The van der Waals surface area contributed by atoms with E-state index in [-0.39, 0.29) is 11.5 Å². The predicted octanol–water partition coefficient (Wildman–Crippen LogP) is 4.15. The van der Waals surface area contributed by atoms with Crippen molar-refractivity contribution >= 4 is 23.5 Å². The summed E-state index contributed by atoms with van der Waals surface area (Å²) >= 11 is 1.37. The van der Waals surface area contributed by atoms with Gasteiger partial charge in [-0.3, -0.25) is 9.36 Å². The van der Waals surface area contributed by atoms with Crippen molar-refractivity contribution in [3.63, 3.8) is 0 Å². The molecular formula is C23H28N4O4S. The molecule has 170 valence electrons. The fourth-order valence-corrected chi connectivity index (χ4v) is 4.58. The second-order valence-corrected chi connectivity index (χ2v) is 8.84. The molecule has 0 atom stereocenters. The van der Waals surface area contributed by atoms with Crippen LogP contribution in [0.5, 0.6) is 11.5 Å². The number of benzene rings is 1. The van der Waals surface area contributed by atoms with Crippen molar-refractivity contribution < 1.29 is 18.7 Å². The molecule has 0 amide bonds. The third-order valence-electron chi connectivity index (χ3n) is 5.70. The first-order valence-corrected chi connectivity index (χ1v) is 11.7. The van der Waals surface area contributed by atoms with Crippen molar-refractivity contribution in [3.05, 3.63) is 47.9 Å². The van der Waals surface area contributed by atoms with Crippen LogP contribution in [0.1, 0.15) is 35.9 Å². The van der Waals surface area contributed by atoms with E-state index in [9.17, 15) is 4.79 Å². The van der Waals surface area contributed by atoms with Gasteiger partial charge in [0, 0.05) is 19.2 Å². The second kappa shape index (κ2) is 10.1. The molecule has 9 heteroatoms. The topological polar surface area (TPSA) is 82.6 Å². The number of hydrogen-bond acceptors (Lipinski definition) is 8. The maximum atomic E-state index is 12.9. The maximum Gasteiger partial charge on any atom is 0.228 e. The lowest BCUT2D eigenvalue weighted by atomic mass is 10.00. The number of piperidine rings is 1. The number of rotatable bonds is 9. The van der Waals surface area contributed by atoms with Crippen LogP contribution in [0.4, 0.5) is 5.95 Å². The van der Waals surface area contributed by atoms with E-state index in [0.717, 1.165) is 43.6 Å². The van der Waals surface area contributed by atoms with Crippen LogP contribution in [0.3, 0.4) is 0 Å². The quantitative estimate of drug-likeness (QED) is 0.351. The van der Waals surface area contributed by atoms with Gasteiger partial charge in [-0.2, -0.15) is 0 Å². The first-order valence-electron chi connectivity index (χ1n) is 10.7. The monoisotopic (exact) mass is 456 g/mol. The Balaban J connectivity index is 1.53. The van der Waals surface area contributed by atoms with E-state index < -0.39 is 0 Å². The van der Waals surface area contributed by atoms with Gasteiger partial charge in [0.25, 0.3) is 0 Å². The normalized spacial score (nSPS) is 14.5. The molecular weight excluding hydrogens is 428 g/mol. The lowest BCUT2D eigenvalue weighted by molar-refractivity contribution is 0.101. The number of furan rings is 1. The molecule has 0 spiro atoms. The zero-order chi connectivity index (χ0) is 22.5. The van der Waals surface area contributed by atoms with Crippen LogP contribution in [-0.2, 0) is 6.54 Å². The highest BCUT2D eigenvalue weighted by molar-refractivity contribution is 7.99. The highest BCUT2D eigenvalue weighted by atomic mass is 32.2. The summed E-state index contributed by atoms with van der Waals surface area (Å²) in [6.45, 7) is 4.70. The number of thioether (sulfide) groups is 1. The molecule has 0 N–H and O–H groups in total. The predicted molar refractivity (Wildman–Crippen MR) is 123 cm³/mol. The van der Waals surface area contributed by atoms with E-state index in [1.807, 2.05) is 16.7 Å². The van der Waals surface area contributed by atoms with E-state index >= 15 is 0 Å². The molecule has 32 heavy (non-hydrogen) atoms. The first kappa shape index (κ1) is 22.3. The first-order chi connectivity index (χ1) is 15.6. The van der Waals surface area contributed by atoms with Crippen molar-refractivity contribution in [2.45, 2.75) is 31.5 Å². The Morgan fingerprint density at radius 3 is 2.69 bits per heavy atom. The van der Waals surface area contributed by atoms with Crippen LogP contribution < -0.4 is 14.4 Å². The molecule has 2 aromatic heterocycles. The lowest BCUT2D eigenvalue weighted by Crippen LogP contribution is -2.35. The van der Waals surface area contributed by atoms with E-state index in [1.165, 1.54) is 11.8 Å². The third-order valence-corrected chi connectivity index (χ3v) is 6.67. The van der Waals surface area contributed by atoms with Gasteiger partial charge in [-0.05, 0) is 43.0 Å². The largest absolute Gasteiger partial charge is 0.497 e. The highest BCUT2D eigenvalue weighted by Gasteiger charge is 2.24. The van der Waals surface area contributed by atoms with Gasteiger partial charge in [-0.15, -0.1) is 10.2 Å². The number of nitrogens with zero attached hydrogens (tertiary/aromatic N) is 4. The molecule has 8 nitrogen and oxygen atoms in total. The van der Waals surface area contributed by atoms with E-state index in [0.29, 0.717) is 28.8 Å². The van der Waals surface area contributed by atoms with Crippen LogP contribution in [0.15, 0.2) is 46.2 Å². The molecule has 0 aliphatic carbocycles. The second-order valence-electron chi connectivity index (χ2n) is 7.90. The maximum absolute atomic E-state index is 12.9. The molecule has 1 fully saturated rings. The van der Waals surface area contributed by atoms with Crippen LogP contribution >= 0.6 is 11.8 Å². The van der Waals surface area contributed by atoms with Gasteiger partial charge in [0.2, 0.25) is 5.95 Å². The molecule has 1 aromatic carbocycles. The van der Waals surface area contributed by atoms with Crippen LogP contribution in [0, 0.1) is 5.92 Å². The number of ether oxygens (including phenoxy) is 2. The summed E-state index contributed by atoms with van der Waals surface area (Å²) in [5.74, 6) is 3.68. The Hall–Kier alpha value is -2.94. The number of Topliss-reactive ketones (excluding diaryl/α,β-unsaturated/α-hetero) is 1. The van der Waals surface area contributed by atoms with Gasteiger partial charge in [0.15, 0.2) is 10.9 Å². The number of carbonyl (C=O) groups excluding carboxylic acids is 1. The number of methoxy groups -OCH3 is 2. The highest BCUT2D eigenvalue weighted by Crippen LogP contribution is 2.29. The minimum absolute atomic E-state index is 0.0459. The van der Waals surface area contributed by atoms with Gasteiger partial charge in [-0.1, -0.05) is 18.7 Å². The SMILES string of the molecule is COc1ccc(C(=O)CSc2nnc(N3CCC(C)CC3)n2Cc2ccco2)c(OC)c1. The minimum Gasteiger partial charge on any atom is -0.497 e. The smallest absolute Gasteiger partial charge is 0.228 e. The Labute approximate surface area is 191 Å². The van der Waals surface area contributed by atoms with Crippen LogP contribution in [0.2, 0.25) is 0 Å². The summed E-state index contributed by atoms with van der Waals surface area (Å²) in [6, 6.07) is 9.01. The van der Waals surface area contributed by atoms with Gasteiger partial charge in [-0.25, -0.2) is 0 Å². The van der Waals surface area contributed by atoms with Gasteiger partial charge < -0.3 is 18.8 Å². The Morgan fingerprint density at radius 2 is 2.00 bits per heavy atom. The molecule has 1 aliphatic heterocycles. The Kier molecular flexibility index (Phi) is 7.04. The van der Waals surface area contributed by atoms with Crippen LogP contribution in [0.25, 0.3) is 0 Å². The van der Waals surface area contributed by atoms with Crippen LogP contribution in [-0.4, -0.2) is 53.6 Å². The van der Waals surface area contributed by atoms with Crippen molar-refractivity contribution in [1.82, 2.24) is 14.8 Å². The zero-order valence-corrected chi connectivity index (χ0v) is 19.4. The minimum atomic E-state index is -0.0459. The van der Waals surface area contributed by atoms with Crippen molar-refractivity contribution in [2.75, 3.05) is 38.0 Å². The summed E-state index contributed by atoms with van der Waals surface area (Å²) < 4.78 is 18.2. The molecule has 0 saturated carbocycles. The standard InChI is InChI=1S/C23H28N4O4S/c1-16-8-10-26(11-9-16)22-24-25-23(27(22)14-18-5-4-12-31-18)32-15-20(28)19-7-6-17(29-2)13-21(19)30-3/h4-7,12-13,16H,8-11,14-15H2,1-3H3. The third kappa shape index (κ3) is 4.93. The van der Waals surface area contributed by atoms with Crippen molar-refractivity contribution in [3.8, 4) is 11.5 Å². The average Bonchev–Trinajstić information content (AvgIpc) is 3.48. The number of aromatic nitrogens is 3. The molecule has 3 heterocycles. The summed E-state index contributed by atoms with van der Waals surface area (Å²) in [6.07, 6.45) is 3.92. The number of carbonyl (C=O) groups is 1.